The number of nitrogens with one attached hydrogen (secondary N) is 1. The highest BCUT2D eigenvalue weighted by Crippen LogP contribution is 2.46. The predicted octanol–water partition coefficient (Wildman–Crippen LogP) is 2.92. The first-order chi connectivity index (χ1) is 9.65. The van der Waals surface area contributed by atoms with Crippen molar-refractivity contribution in [2.75, 3.05) is 19.0 Å². The van der Waals surface area contributed by atoms with E-state index in [1.807, 2.05) is 13.8 Å². The molecule has 0 saturated carbocycles. The standard InChI is InChI=1S/C16H25FN2O2/c1-14(2)9-16(10-18,15(3,4)21-14)19-11-6-7-12(17)13(8-11)20-5/h6-8,19H,9-10,18H2,1-5H3. The second-order valence-corrected chi connectivity index (χ2v) is 6.81. The lowest BCUT2D eigenvalue weighted by Gasteiger charge is -2.40. The van der Waals surface area contributed by atoms with Crippen LogP contribution in [0.1, 0.15) is 34.1 Å². The summed E-state index contributed by atoms with van der Waals surface area (Å²) in [5.41, 5.74) is 5.72. The van der Waals surface area contributed by atoms with E-state index in [4.69, 9.17) is 15.2 Å². The molecule has 1 aliphatic heterocycles. The maximum atomic E-state index is 13.5. The number of anilines is 1. The molecule has 1 heterocycles. The second-order valence-electron chi connectivity index (χ2n) is 6.81. The molecule has 1 aliphatic rings. The number of hydrogen-bond acceptors (Lipinski definition) is 4. The number of halogens is 1. The highest BCUT2D eigenvalue weighted by Gasteiger charge is 2.56. The van der Waals surface area contributed by atoms with E-state index in [1.54, 1.807) is 12.1 Å². The first kappa shape index (κ1) is 16.0. The Morgan fingerprint density at radius 2 is 2.00 bits per heavy atom. The summed E-state index contributed by atoms with van der Waals surface area (Å²) in [5.74, 6) is -0.171. The van der Waals surface area contributed by atoms with Crippen molar-refractivity contribution < 1.29 is 13.9 Å². The molecule has 1 atom stereocenters. The third kappa shape index (κ3) is 2.85. The molecule has 21 heavy (non-hydrogen) atoms. The van der Waals surface area contributed by atoms with Gasteiger partial charge >= 0.3 is 0 Å². The molecule has 1 aromatic carbocycles. The highest BCUT2D eigenvalue weighted by molar-refractivity contribution is 5.52. The molecule has 3 N–H and O–H groups in total. The number of ether oxygens (including phenoxy) is 2. The van der Waals surface area contributed by atoms with Crippen LogP contribution in [0.3, 0.4) is 0 Å². The highest BCUT2D eigenvalue weighted by atomic mass is 19.1. The maximum absolute atomic E-state index is 13.5. The van der Waals surface area contributed by atoms with Crippen molar-refractivity contribution >= 4 is 5.69 Å². The van der Waals surface area contributed by atoms with Gasteiger partial charge in [-0.05, 0) is 39.8 Å². The Bertz CT molecular complexity index is 531. The first-order valence-corrected chi connectivity index (χ1v) is 7.17. The van der Waals surface area contributed by atoms with Crippen LogP contribution in [0.4, 0.5) is 10.1 Å². The summed E-state index contributed by atoms with van der Waals surface area (Å²) in [6, 6.07) is 4.73. The minimum Gasteiger partial charge on any atom is -0.494 e. The van der Waals surface area contributed by atoms with Crippen molar-refractivity contribution in [1.82, 2.24) is 0 Å². The molecule has 0 spiro atoms. The summed E-state index contributed by atoms with van der Waals surface area (Å²) >= 11 is 0. The van der Waals surface area contributed by atoms with Crippen molar-refractivity contribution in [2.45, 2.75) is 50.9 Å². The topological polar surface area (TPSA) is 56.5 Å². The number of rotatable bonds is 4. The number of methoxy groups -OCH3 is 1. The Kier molecular flexibility index (Phi) is 3.93. The van der Waals surface area contributed by atoms with Gasteiger partial charge in [-0.3, -0.25) is 0 Å². The monoisotopic (exact) mass is 296 g/mol. The predicted molar refractivity (Wildman–Crippen MR) is 82.2 cm³/mol. The van der Waals surface area contributed by atoms with Gasteiger partial charge in [-0.1, -0.05) is 0 Å². The van der Waals surface area contributed by atoms with Crippen molar-refractivity contribution in [3.8, 4) is 5.75 Å². The number of nitrogens with two attached hydrogens (primary N) is 1. The van der Waals surface area contributed by atoms with Crippen molar-refractivity contribution in [1.29, 1.82) is 0 Å². The van der Waals surface area contributed by atoms with Crippen LogP contribution >= 0.6 is 0 Å². The normalized spacial score (nSPS) is 26.6. The van der Waals surface area contributed by atoms with Crippen LogP contribution in [-0.4, -0.2) is 30.4 Å². The zero-order valence-electron chi connectivity index (χ0n) is 13.4. The molecule has 0 radical (unpaired) electrons. The lowest BCUT2D eigenvalue weighted by atomic mass is 9.78. The number of benzene rings is 1. The third-order valence-corrected chi connectivity index (χ3v) is 4.29. The molecule has 118 valence electrons. The van der Waals surface area contributed by atoms with Gasteiger partial charge in [-0.15, -0.1) is 0 Å². The molecule has 0 amide bonds. The third-order valence-electron chi connectivity index (χ3n) is 4.29. The lowest BCUT2D eigenvalue weighted by Crippen LogP contribution is -2.57. The Balaban J connectivity index is 2.35. The molecule has 5 heteroatoms. The van der Waals surface area contributed by atoms with E-state index in [1.165, 1.54) is 13.2 Å². The first-order valence-electron chi connectivity index (χ1n) is 7.17. The van der Waals surface area contributed by atoms with Gasteiger partial charge in [0.15, 0.2) is 11.6 Å². The van der Waals surface area contributed by atoms with Gasteiger partial charge < -0.3 is 20.5 Å². The summed E-state index contributed by atoms with van der Waals surface area (Å²) in [4.78, 5) is 0. The molecule has 0 aliphatic carbocycles. The summed E-state index contributed by atoms with van der Waals surface area (Å²) in [6.45, 7) is 8.59. The zero-order valence-corrected chi connectivity index (χ0v) is 13.4. The van der Waals surface area contributed by atoms with Crippen LogP contribution in [0.25, 0.3) is 0 Å². The fraction of sp³-hybridized carbons (Fsp3) is 0.625. The van der Waals surface area contributed by atoms with Crippen LogP contribution < -0.4 is 15.8 Å². The largest absolute Gasteiger partial charge is 0.494 e. The van der Waals surface area contributed by atoms with Gasteiger partial charge in [0.1, 0.15) is 0 Å². The van der Waals surface area contributed by atoms with Crippen LogP contribution in [-0.2, 0) is 4.74 Å². The molecule has 1 saturated heterocycles. The molecule has 2 rings (SSSR count). The molecule has 1 fully saturated rings. The van der Waals surface area contributed by atoms with E-state index in [0.717, 1.165) is 12.1 Å². The van der Waals surface area contributed by atoms with E-state index in [2.05, 4.69) is 19.2 Å². The van der Waals surface area contributed by atoms with E-state index in [-0.39, 0.29) is 17.2 Å². The lowest BCUT2D eigenvalue weighted by molar-refractivity contribution is -0.0753. The molecule has 4 nitrogen and oxygen atoms in total. The Morgan fingerprint density at radius 3 is 2.48 bits per heavy atom. The van der Waals surface area contributed by atoms with Gasteiger partial charge in [-0.2, -0.15) is 0 Å². The summed E-state index contributed by atoms with van der Waals surface area (Å²) in [7, 11) is 1.45. The Labute approximate surface area is 125 Å². The smallest absolute Gasteiger partial charge is 0.165 e. The van der Waals surface area contributed by atoms with Gasteiger partial charge in [0.25, 0.3) is 0 Å². The van der Waals surface area contributed by atoms with Crippen LogP contribution in [0.15, 0.2) is 18.2 Å². The van der Waals surface area contributed by atoms with Gasteiger partial charge in [0.2, 0.25) is 0 Å². The van der Waals surface area contributed by atoms with Crippen molar-refractivity contribution in [3.05, 3.63) is 24.0 Å². The second kappa shape index (κ2) is 5.14. The van der Waals surface area contributed by atoms with Crippen molar-refractivity contribution in [2.24, 2.45) is 5.73 Å². The Hall–Kier alpha value is -1.33. The maximum Gasteiger partial charge on any atom is 0.165 e. The summed E-state index contributed by atoms with van der Waals surface area (Å²) < 4.78 is 24.7. The Morgan fingerprint density at radius 1 is 1.33 bits per heavy atom. The average Bonchev–Trinajstić information content (AvgIpc) is 2.56. The fourth-order valence-electron chi connectivity index (χ4n) is 3.34. The van der Waals surface area contributed by atoms with Gasteiger partial charge in [0.05, 0.1) is 23.9 Å². The fourth-order valence-corrected chi connectivity index (χ4v) is 3.34. The minimum atomic E-state index is -0.438. The average molecular weight is 296 g/mol. The van der Waals surface area contributed by atoms with E-state index in [0.29, 0.717) is 6.54 Å². The molecule has 0 bridgehead atoms. The molecule has 1 aromatic rings. The van der Waals surface area contributed by atoms with Crippen LogP contribution in [0.5, 0.6) is 5.75 Å². The molecule has 0 aromatic heterocycles. The molecule has 1 unspecified atom stereocenters. The van der Waals surface area contributed by atoms with E-state index >= 15 is 0 Å². The van der Waals surface area contributed by atoms with Crippen LogP contribution in [0, 0.1) is 5.82 Å². The minimum absolute atomic E-state index is 0.211. The zero-order chi connectivity index (χ0) is 15.9. The summed E-state index contributed by atoms with van der Waals surface area (Å²) in [5, 5.41) is 3.46. The summed E-state index contributed by atoms with van der Waals surface area (Å²) in [6.07, 6.45) is 0.767. The SMILES string of the molecule is COc1cc(NC2(CN)CC(C)(C)OC2(C)C)ccc1F. The van der Waals surface area contributed by atoms with E-state index < -0.39 is 11.1 Å². The van der Waals surface area contributed by atoms with Gasteiger partial charge in [0, 0.05) is 24.7 Å². The van der Waals surface area contributed by atoms with Gasteiger partial charge in [-0.25, -0.2) is 4.39 Å². The van der Waals surface area contributed by atoms with Crippen molar-refractivity contribution in [3.63, 3.8) is 0 Å². The van der Waals surface area contributed by atoms with E-state index in [9.17, 15) is 4.39 Å². The quantitative estimate of drug-likeness (QED) is 0.897. The number of hydrogen-bond donors (Lipinski definition) is 2. The molecular weight excluding hydrogens is 271 g/mol. The molecular formula is C16H25FN2O2. The van der Waals surface area contributed by atoms with Crippen LogP contribution in [0.2, 0.25) is 0 Å².